The molecule has 0 bridgehead atoms. The molecule has 2 aromatic carbocycles. The van der Waals surface area contributed by atoms with Gasteiger partial charge in [0.25, 0.3) is 0 Å². The lowest BCUT2D eigenvalue weighted by molar-refractivity contribution is 0.0679. The average molecular weight is 390 g/mol. The molecule has 0 aliphatic carbocycles. The van der Waals surface area contributed by atoms with Crippen molar-refractivity contribution >= 4 is 0 Å². The lowest BCUT2D eigenvalue weighted by Crippen LogP contribution is -2.49. The smallest absolute Gasteiger partial charge is 0.103 e. The van der Waals surface area contributed by atoms with Gasteiger partial charge < -0.3 is 4.98 Å². The van der Waals surface area contributed by atoms with Crippen LogP contribution in [-0.4, -0.2) is 39.0 Å². The summed E-state index contributed by atoms with van der Waals surface area (Å²) < 4.78 is 0. The number of piperidine rings is 1. The predicted molar refractivity (Wildman–Crippen MR) is 117 cm³/mol. The van der Waals surface area contributed by atoms with Crippen molar-refractivity contribution in [3.05, 3.63) is 89.5 Å². The zero-order valence-corrected chi connectivity index (χ0v) is 17.2. The summed E-state index contributed by atoms with van der Waals surface area (Å²) in [6.45, 7) is 6.94. The molecule has 0 saturated carbocycles. The lowest BCUT2D eigenvalue weighted by Gasteiger charge is -2.38. The predicted octanol–water partition coefficient (Wildman–Crippen LogP) is 3.89. The molecule has 0 spiro atoms. The third kappa shape index (κ3) is 5.76. The number of hydrogen-bond acceptors (Lipinski definition) is 4. The summed E-state index contributed by atoms with van der Waals surface area (Å²) in [5.41, 5.74) is 7.47. The van der Waals surface area contributed by atoms with Crippen molar-refractivity contribution in [2.24, 2.45) is 0 Å². The Balaban J connectivity index is 1.35. The first-order valence-electron chi connectivity index (χ1n) is 10.6. The van der Waals surface area contributed by atoms with E-state index in [-0.39, 0.29) is 0 Å². The van der Waals surface area contributed by atoms with Crippen molar-refractivity contribution in [1.29, 1.82) is 0 Å². The minimum atomic E-state index is 0.600. The number of nitrogens with one attached hydrogen (secondary N) is 2. The molecule has 2 N–H and O–H groups in total. The van der Waals surface area contributed by atoms with Gasteiger partial charge in [-0.3, -0.25) is 4.90 Å². The Morgan fingerprint density at radius 1 is 0.966 bits per heavy atom. The van der Waals surface area contributed by atoms with Gasteiger partial charge in [0.2, 0.25) is 0 Å². The average Bonchev–Trinajstić information content (AvgIpc) is 3.19. The number of aromatic amines is 1. The minimum Gasteiger partial charge on any atom is -0.345 e. The van der Waals surface area contributed by atoms with Gasteiger partial charge in [0.1, 0.15) is 5.82 Å². The third-order valence-corrected chi connectivity index (χ3v) is 5.69. The van der Waals surface area contributed by atoms with E-state index in [1.807, 2.05) is 13.1 Å². The van der Waals surface area contributed by atoms with Gasteiger partial charge in [-0.15, -0.1) is 0 Å². The molecule has 1 aliphatic rings. The van der Waals surface area contributed by atoms with Crippen LogP contribution in [0, 0.1) is 6.92 Å². The highest BCUT2D eigenvalue weighted by Crippen LogP contribution is 2.21. The molecular weight excluding hydrogens is 358 g/mol. The van der Waals surface area contributed by atoms with Crippen LogP contribution in [0.25, 0.3) is 0 Å². The molecule has 0 radical (unpaired) electrons. The maximum atomic E-state index is 4.27. The highest BCUT2D eigenvalue weighted by atomic mass is 15.5. The van der Waals surface area contributed by atoms with Gasteiger partial charge in [0.15, 0.2) is 0 Å². The molecule has 1 fully saturated rings. The van der Waals surface area contributed by atoms with E-state index in [0.29, 0.717) is 6.04 Å². The highest BCUT2D eigenvalue weighted by molar-refractivity contribution is 5.17. The van der Waals surface area contributed by atoms with E-state index in [9.17, 15) is 0 Å². The van der Waals surface area contributed by atoms with E-state index in [2.05, 4.69) is 86.0 Å². The van der Waals surface area contributed by atoms with Crippen LogP contribution in [0.5, 0.6) is 0 Å². The first-order chi connectivity index (χ1) is 14.3. The summed E-state index contributed by atoms with van der Waals surface area (Å²) in [5, 5.41) is 2.36. The standard InChI is InChI=1S/C24H31N5/c1-20-25-16-23(27-20)17-26-29-14-12-24(13-15-29)28(18-21-8-4-2-5-9-21)19-22-10-6-3-7-11-22/h2-11,16,24,26H,12-15,17-19H2,1H3,(H,25,27). The Hall–Kier alpha value is -2.47. The van der Waals surface area contributed by atoms with E-state index >= 15 is 0 Å². The first-order valence-corrected chi connectivity index (χ1v) is 10.6. The van der Waals surface area contributed by atoms with Crippen molar-refractivity contribution in [3.63, 3.8) is 0 Å². The van der Waals surface area contributed by atoms with Gasteiger partial charge in [0, 0.05) is 38.4 Å². The second kappa shape index (κ2) is 9.83. The van der Waals surface area contributed by atoms with E-state index in [4.69, 9.17) is 0 Å². The van der Waals surface area contributed by atoms with Crippen LogP contribution in [-0.2, 0) is 19.6 Å². The van der Waals surface area contributed by atoms with Crippen molar-refractivity contribution in [2.45, 2.75) is 45.4 Å². The van der Waals surface area contributed by atoms with Crippen molar-refractivity contribution < 1.29 is 0 Å². The second-order valence-corrected chi connectivity index (χ2v) is 7.92. The zero-order chi connectivity index (χ0) is 19.9. The summed E-state index contributed by atoms with van der Waals surface area (Å²) in [6.07, 6.45) is 4.26. The van der Waals surface area contributed by atoms with Crippen molar-refractivity contribution in [3.8, 4) is 0 Å². The SMILES string of the molecule is Cc1ncc(CNN2CCC(N(Cc3ccccc3)Cc3ccccc3)CC2)[nH]1. The molecule has 1 saturated heterocycles. The summed E-state index contributed by atoms with van der Waals surface area (Å²) in [6, 6.07) is 22.3. The van der Waals surface area contributed by atoms with Crippen LogP contribution in [0.1, 0.15) is 35.5 Å². The molecule has 29 heavy (non-hydrogen) atoms. The molecule has 152 valence electrons. The molecule has 0 atom stereocenters. The van der Waals surface area contributed by atoms with Crippen LogP contribution in [0.4, 0.5) is 0 Å². The summed E-state index contributed by atoms with van der Waals surface area (Å²) in [5.74, 6) is 0.970. The number of rotatable bonds is 8. The molecule has 0 unspecified atom stereocenters. The maximum Gasteiger partial charge on any atom is 0.103 e. The molecule has 2 heterocycles. The van der Waals surface area contributed by atoms with Crippen LogP contribution in [0.3, 0.4) is 0 Å². The number of imidazole rings is 1. The third-order valence-electron chi connectivity index (χ3n) is 5.69. The normalized spacial score (nSPS) is 15.8. The van der Waals surface area contributed by atoms with Crippen LogP contribution < -0.4 is 5.43 Å². The largest absolute Gasteiger partial charge is 0.345 e. The number of H-pyrrole nitrogens is 1. The number of hydrazine groups is 1. The molecule has 5 heteroatoms. The Bertz CT molecular complexity index is 812. The Morgan fingerprint density at radius 2 is 1.55 bits per heavy atom. The van der Waals surface area contributed by atoms with Crippen LogP contribution in [0.15, 0.2) is 66.9 Å². The lowest BCUT2D eigenvalue weighted by atomic mass is 10.0. The minimum absolute atomic E-state index is 0.600. The first kappa shape index (κ1) is 19.8. The van der Waals surface area contributed by atoms with Gasteiger partial charge in [-0.25, -0.2) is 15.4 Å². The van der Waals surface area contributed by atoms with Crippen molar-refractivity contribution in [1.82, 2.24) is 25.3 Å². The quantitative estimate of drug-likeness (QED) is 0.614. The van der Waals surface area contributed by atoms with Gasteiger partial charge in [-0.2, -0.15) is 0 Å². The van der Waals surface area contributed by atoms with Gasteiger partial charge >= 0.3 is 0 Å². The molecule has 1 aromatic heterocycles. The fourth-order valence-corrected chi connectivity index (χ4v) is 4.10. The summed E-state index contributed by atoms with van der Waals surface area (Å²) in [7, 11) is 0. The summed E-state index contributed by atoms with van der Waals surface area (Å²) >= 11 is 0. The van der Waals surface area contributed by atoms with E-state index in [1.165, 1.54) is 24.0 Å². The Labute approximate surface area is 173 Å². The van der Waals surface area contributed by atoms with Gasteiger partial charge in [-0.05, 0) is 30.9 Å². The number of aryl methyl sites for hydroxylation is 1. The van der Waals surface area contributed by atoms with Crippen LogP contribution >= 0.6 is 0 Å². The molecule has 0 amide bonds. The molecule has 5 nitrogen and oxygen atoms in total. The van der Waals surface area contributed by atoms with E-state index in [1.54, 1.807) is 0 Å². The fraction of sp³-hybridized carbons (Fsp3) is 0.375. The van der Waals surface area contributed by atoms with E-state index in [0.717, 1.165) is 44.2 Å². The monoisotopic (exact) mass is 389 g/mol. The second-order valence-electron chi connectivity index (χ2n) is 7.92. The number of hydrogen-bond donors (Lipinski definition) is 2. The number of nitrogens with zero attached hydrogens (tertiary/aromatic N) is 3. The molecule has 1 aliphatic heterocycles. The molecular formula is C24H31N5. The van der Waals surface area contributed by atoms with Gasteiger partial charge in [0.05, 0.1) is 12.2 Å². The number of benzene rings is 2. The van der Waals surface area contributed by atoms with Gasteiger partial charge in [-0.1, -0.05) is 60.7 Å². The van der Waals surface area contributed by atoms with Crippen molar-refractivity contribution in [2.75, 3.05) is 13.1 Å². The molecule has 3 aromatic rings. The maximum absolute atomic E-state index is 4.27. The number of aromatic nitrogens is 2. The fourth-order valence-electron chi connectivity index (χ4n) is 4.10. The zero-order valence-electron chi connectivity index (χ0n) is 17.2. The molecule has 4 rings (SSSR count). The Morgan fingerprint density at radius 3 is 2.07 bits per heavy atom. The topological polar surface area (TPSA) is 47.2 Å². The highest BCUT2D eigenvalue weighted by Gasteiger charge is 2.25. The Kier molecular flexibility index (Phi) is 6.72. The van der Waals surface area contributed by atoms with Crippen LogP contribution in [0.2, 0.25) is 0 Å². The summed E-state index contributed by atoms with van der Waals surface area (Å²) in [4.78, 5) is 10.2. The van der Waals surface area contributed by atoms with E-state index < -0.39 is 0 Å².